The van der Waals surface area contributed by atoms with Crippen LogP contribution in [0.15, 0.2) is 81.4 Å². The van der Waals surface area contributed by atoms with Crippen molar-refractivity contribution in [1.29, 1.82) is 0 Å². The number of hydrogen-bond donors (Lipinski definition) is 0. The van der Waals surface area contributed by atoms with Gasteiger partial charge in [-0.3, -0.25) is 4.79 Å². The second kappa shape index (κ2) is 10.8. The first kappa shape index (κ1) is 23.8. The molecule has 2 aliphatic rings. The van der Waals surface area contributed by atoms with Gasteiger partial charge in [0.25, 0.3) is 0 Å². The number of piperidine rings is 1. The smallest absolute Gasteiger partial charge is 0.166 e. The zero-order chi connectivity index (χ0) is 23.5. The number of likely N-dealkylation sites (tertiary alicyclic amines) is 1. The molecule has 0 spiro atoms. The van der Waals surface area contributed by atoms with Crippen LogP contribution in [0.1, 0.15) is 29.6 Å². The number of anilines is 2. The van der Waals surface area contributed by atoms with Gasteiger partial charge in [-0.15, -0.1) is 11.8 Å². The molecule has 3 nitrogen and oxygen atoms in total. The summed E-state index contributed by atoms with van der Waals surface area (Å²) in [5.74, 6) is 0.389. The fourth-order valence-corrected chi connectivity index (χ4v) is 6.53. The number of rotatable bonds is 7. The van der Waals surface area contributed by atoms with Gasteiger partial charge >= 0.3 is 0 Å². The highest BCUT2D eigenvalue weighted by Crippen LogP contribution is 2.48. The summed E-state index contributed by atoms with van der Waals surface area (Å²) >= 11 is 9.64. The summed E-state index contributed by atoms with van der Waals surface area (Å²) in [4.78, 5) is 21.8. The lowest BCUT2D eigenvalue weighted by Crippen LogP contribution is -2.38. The van der Waals surface area contributed by atoms with Gasteiger partial charge in [0.1, 0.15) is 0 Å². The first-order chi connectivity index (χ1) is 16.6. The van der Waals surface area contributed by atoms with Crippen LogP contribution in [0, 0.1) is 5.92 Å². The Kier molecular flexibility index (Phi) is 7.55. The van der Waals surface area contributed by atoms with Gasteiger partial charge in [-0.1, -0.05) is 35.5 Å². The lowest BCUT2D eigenvalue weighted by Gasteiger charge is -2.35. The molecular formula is C28H29ClN2OS2. The standard InChI is InChI=1S/C28H29ClN2OS2/c1-33-23-11-12-27-25(19-23)31(24-5-2-3-6-26(24)34-27)16-4-15-30-17-13-21(14-18-30)28(32)20-7-9-22(29)10-8-20/h2-3,5-12,19,21H,4,13-18H2,1H3. The van der Waals surface area contributed by atoms with E-state index in [4.69, 9.17) is 11.6 Å². The zero-order valence-electron chi connectivity index (χ0n) is 19.4. The molecule has 34 heavy (non-hydrogen) atoms. The Morgan fingerprint density at radius 2 is 1.71 bits per heavy atom. The first-order valence-electron chi connectivity index (χ1n) is 11.9. The fraction of sp³-hybridized carbons (Fsp3) is 0.321. The Labute approximate surface area is 215 Å². The number of thioether (sulfide) groups is 1. The lowest BCUT2D eigenvalue weighted by molar-refractivity contribution is 0.0840. The molecule has 5 rings (SSSR count). The minimum absolute atomic E-state index is 0.125. The third-order valence-corrected chi connectivity index (χ3v) is 8.88. The molecule has 0 N–H and O–H groups in total. The minimum atomic E-state index is 0.125. The van der Waals surface area contributed by atoms with E-state index < -0.39 is 0 Å². The van der Waals surface area contributed by atoms with Crippen molar-refractivity contribution < 1.29 is 4.79 Å². The average Bonchev–Trinajstić information content (AvgIpc) is 2.88. The summed E-state index contributed by atoms with van der Waals surface area (Å²) in [6.07, 6.45) is 5.10. The molecule has 3 aromatic rings. The van der Waals surface area contributed by atoms with Gasteiger partial charge in [-0.25, -0.2) is 0 Å². The maximum absolute atomic E-state index is 12.9. The van der Waals surface area contributed by atoms with E-state index >= 15 is 0 Å². The SMILES string of the molecule is CSc1ccc2c(c1)N(CCCN1CCC(C(=O)c3ccc(Cl)cc3)CC1)c1ccccc1S2. The Morgan fingerprint density at radius 3 is 2.47 bits per heavy atom. The molecule has 1 saturated heterocycles. The van der Waals surface area contributed by atoms with Crippen LogP contribution in [0.5, 0.6) is 0 Å². The number of ketones is 1. The topological polar surface area (TPSA) is 23.6 Å². The quantitative estimate of drug-likeness (QED) is 0.241. The number of carbonyl (C=O) groups is 1. The molecule has 2 aliphatic heterocycles. The number of hydrogen-bond acceptors (Lipinski definition) is 5. The van der Waals surface area contributed by atoms with Crippen molar-refractivity contribution in [1.82, 2.24) is 4.90 Å². The Balaban J connectivity index is 1.19. The molecule has 0 atom stereocenters. The number of nitrogens with zero attached hydrogens (tertiary/aromatic N) is 2. The van der Waals surface area contributed by atoms with Gasteiger partial charge in [0.15, 0.2) is 5.78 Å². The summed E-state index contributed by atoms with van der Waals surface area (Å²) in [5.41, 5.74) is 3.42. The van der Waals surface area contributed by atoms with Crippen molar-refractivity contribution >= 4 is 52.3 Å². The molecule has 0 unspecified atom stereocenters. The van der Waals surface area contributed by atoms with Gasteiger partial charge in [0, 0.05) is 37.7 Å². The van der Waals surface area contributed by atoms with Crippen LogP contribution < -0.4 is 4.90 Å². The summed E-state index contributed by atoms with van der Waals surface area (Å²) in [7, 11) is 0. The Bertz CT molecular complexity index is 1160. The normalized spacial score (nSPS) is 16.2. The number of halogens is 1. The van der Waals surface area contributed by atoms with Gasteiger partial charge in [-0.05, 0) is 99.7 Å². The molecule has 3 aromatic carbocycles. The van der Waals surface area contributed by atoms with Crippen LogP contribution in [0.25, 0.3) is 0 Å². The van der Waals surface area contributed by atoms with Crippen molar-refractivity contribution in [2.24, 2.45) is 5.92 Å². The maximum Gasteiger partial charge on any atom is 0.166 e. The summed E-state index contributed by atoms with van der Waals surface area (Å²) in [6.45, 7) is 4.03. The van der Waals surface area contributed by atoms with Crippen LogP contribution in [0.2, 0.25) is 5.02 Å². The molecule has 6 heteroatoms. The lowest BCUT2D eigenvalue weighted by atomic mass is 9.89. The van der Waals surface area contributed by atoms with Gasteiger partial charge < -0.3 is 9.80 Å². The van der Waals surface area contributed by atoms with E-state index in [-0.39, 0.29) is 11.7 Å². The first-order valence-corrected chi connectivity index (χ1v) is 14.3. The Hall–Kier alpha value is -1.92. The second-order valence-corrected chi connectivity index (χ2v) is 11.3. The number of benzene rings is 3. The summed E-state index contributed by atoms with van der Waals surface area (Å²) < 4.78 is 0. The highest BCUT2D eigenvalue weighted by atomic mass is 35.5. The molecule has 0 saturated carbocycles. The predicted octanol–water partition coefficient (Wildman–Crippen LogP) is 7.65. The number of carbonyl (C=O) groups excluding carboxylic acids is 1. The van der Waals surface area contributed by atoms with Gasteiger partial charge in [-0.2, -0.15) is 0 Å². The van der Waals surface area contributed by atoms with Crippen LogP contribution in [0.4, 0.5) is 11.4 Å². The highest BCUT2D eigenvalue weighted by Gasteiger charge is 2.27. The zero-order valence-corrected chi connectivity index (χ0v) is 21.8. The molecule has 0 radical (unpaired) electrons. The third-order valence-electron chi connectivity index (χ3n) is 6.78. The maximum atomic E-state index is 12.9. The molecule has 2 heterocycles. The second-order valence-electron chi connectivity index (χ2n) is 8.90. The van der Waals surface area contributed by atoms with E-state index in [9.17, 15) is 4.79 Å². The van der Waals surface area contributed by atoms with E-state index in [1.807, 2.05) is 36.0 Å². The summed E-state index contributed by atoms with van der Waals surface area (Å²) in [6, 6.07) is 22.9. The number of para-hydroxylation sites is 1. The van der Waals surface area contributed by atoms with Crippen LogP contribution in [0.3, 0.4) is 0 Å². The summed E-state index contributed by atoms with van der Waals surface area (Å²) in [5, 5.41) is 0.675. The van der Waals surface area contributed by atoms with E-state index in [0.29, 0.717) is 5.02 Å². The van der Waals surface area contributed by atoms with Crippen molar-refractivity contribution in [2.75, 3.05) is 37.3 Å². The molecule has 0 aliphatic carbocycles. The van der Waals surface area contributed by atoms with Crippen LogP contribution >= 0.6 is 35.1 Å². The predicted molar refractivity (Wildman–Crippen MR) is 145 cm³/mol. The van der Waals surface area contributed by atoms with Crippen LogP contribution in [-0.2, 0) is 0 Å². The van der Waals surface area contributed by atoms with Gasteiger partial charge in [0.05, 0.1) is 11.4 Å². The fourth-order valence-electron chi connectivity index (χ4n) is 4.90. The minimum Gasteiger partial charge on any atom is -0.340 e. The van der Waals surface area contributed by atoms with E-state index in [2.05, 4.69) is 58.5 Å². The van der Waals surface area contributed by atoms with E-state index in [0.717, 1.165) is 51.0 Å². The Morgan fingerprint density at radius 1 is 0.971 bits per heavy atom. The molecule has 176 valence electrons. The largest absolute Gasteiger partial charge is 0.340 e. The van der Waals surface area contributed by atoms with Crippen molar-refractivity contribution in [2.45, 2.75) is 33.9 Å². The van der Waals surface area contributed by atoms with Crippen LogP contribution in [-0.4, -0.2) is 43.1 Å². The van der Waals surface area contributed by atoms with Crippen molar-refractivity contribution in [3.8, 4) is 0 Å². The third kappa shape index (κ3) is 5.18. The van der Waals surface area contributed by atoms with E-state index in [1.165, 1.54) is 26.1 Å². The van der Waals surface area contributed by atoms with Crippen molar-refractivity contribution in [3.05, 3.63) is 77.3 Å². The molecule has 0 amide bonds. The molecular weight excluding hydrogens is 480 g/mol. The molecule has 0 bridgehead atoms. The average molecular weight is 509 g/mol. The van der Waals surface area contributed by atoms with Gasteiger partial charge in [0.2, 0.25) is 0 Å². The molecule has 0 aromatic heterocycles. The number of fused-ring (bicyclic) bond motifs is 2. The van der Waals surface area contributed by atoms with E-state index in [1.54, 1.807) is 11.8 Å². The number of Topliss-reactive ketones (excluding diaryl/α,β-unsaturated/α-hetero) is 1. The molecule has 1 fully saturated rings. The monoisotopic (exact) mass is 508 g/mol. The van der Waals surface area contributed by atoms with Crippen molar-refractivity contribution in [3.63, 3.8) is 0 Å². The highest BCUT2D eigenvalue weighted by molar-refractivity contribution is 8.00.